The molecule has 1 heterocycles. The molecule has 3 nitrogen and oxygen atoms in total. The van der Waals surface area contributed by atoms with Gasteiger partial charge in [0.15, 0.2) is 0 Å². The van der Waals surface area contributed by atoms with Crippen molar-refractivity contribution in [2.75, 3.05) is 0 Å². The topological polar surface area (TPSA) is 37.4 Å². The molecule has 2 atom stereocenters. The molecule has 18 heavy (non-hydrogen) atoms. The monoisotopic (exact) mass is 307 g/mol. The predicted octanol–water partition coefficient (Wildman–Crippen LogP) is 2.99. The largest absolute Gasteiger partial charge is 0.270 e. The number of carbonyl (C=O) groups is 2. The van der Waals surface area contributed by atoms with Crippen molar-refractivity contribution in [2.45, 2.75) is 36.6 Å². The molecule has 1 fully saturated rings. The van der Waals surface area contributed by atoms with Crippen molar-refractivity contribution in [2.24, 2.45) is 0 Å². The second-order valence-electron chi connectivity index (χ2n) is 4.89. The first-order valence-corrected chi connectivity index (χ1v) is 7.22. The lowest BCUT2D eigenvalue weighted by Gasteiger charge is -2.33. The number of nitrogens with zero attached hydrogens (tertiary/aromatic N) is 1. The molecule has 1 aliphatic heterocycles. The molecule has 0 radical (unpaired) electrons. The van der Waals surface area contributed by atoms with E-state index < -0.39 is 0 Å². The fourth-order valence-corrected chi connectivity index (χ4v) is 3.69. The SMILES string of the molecule is O=C1c2ccccc2C(=O)N1[C@@H]1CCCC[C@H]1Br. The summed E-state index contributed by atoms with van der Waals surface area (Å²) in [4.78, 5) is 26.4. The number of imide groups is 1. The van der Waals surface area contributed by atoms with Crippen LogP contribution in [0.15, 0.2) is 24.3 Å². The van der Waals surface area contributed by atoms with E-state index in [1.807, 2.05) is 0 Å². The van der Waals surface area contributed by atoms with E-state index in [-0.39, 0.29) is 22.7 Å². The highest BCUT2D eigenvalue weighted by Crippen LogP contribution is 2.33. The van der Waals surface area contributed by atoms with Crippen LogP contribution >= 0.6 is 15.9 Å². The fourth-order valence-electron chi connectivity index (χ4n) is 2.87. The molecule has 2 amide bonds. The van der Waals surface area contributed by atoms with Crippen molar-refractivity contribution in [3.63, 3.8) is 0 Å². The molecule has 4 heteroatoms. The van der Waals surface area contributed by atoms with E-state index in [0.29, 0.717) is 11.1 Å². The van der Waals surface area contributed by atoms with Crippen LogP contribution in [0.2, 0.25) is 0 Å². The number of halogens is 1. The molecule has 94 valence electrons. The van der Waals surface area contributed by atoms with E-state index in [1.165, 1.54) is 4.90 Å². The van der Waals surface area contributed by atoms with Gasteiger partial charge in [0.05, 0.1) is 17.2 Å². The fraction of sp³-hybridized carbons (Fsp3) is 0.429. The van der Waals surface area contributed by atoms with Crippen LogP contribution in [0, 0.1) is 0 Å². The molecule has 0 spiro atoms. The molecule has 1 aliphatic carbocycles. The average molecular weight is 308 g/mol. The molecular weight excluding hydrogens is 294 g/mol. The lowest BCUT2D eigenvalue weighted by atomic mass is 9.94. The first kappa shape index (κ1) is 11.9. The van der Waals surface area contributed by atoms with Crippen molar-refractivity contribution >= 4 is 27.7 Å². The Bertz CT molecular complexity index is 479. The Balaban J connectivity index is 1.96. The Kier molecular flexibility index (Phi) is 2.98. The van der Waals surface area contributed by atoms with E-state index in [2.05, 4.69) is 15.9 Å². The standard InChI is InChI=1S/C14H14BrNO2/c15-11-7-3-4-8-12(11)16-13(17)9-5-1-2-6-10(9)14(16)18/h1-2,5-6,11-12H,3-4,7-8H2/t11-,12-/m1/s1. The van der Waals surface area contributed by atoms with Crippen LogP contribution in [0.1, 0.15) is 46.4 Å². The molecule has 3 rings (SSSR count). The maximum absolute atomic E-state index is 12.3. The quantitative estimate of drug-likeness (QED) is 0.591. The summed E-state index contributed by atoms with van der Waals surface area (Å²) in [5.74, 6) is -0.265. The maximum atomic E-state index is 12.3. The summed E-state index contributed by atoms with van der Waals surface area (Å²) in [7, 11) is 0. The third kappa shape index (κ3) is 1.70. The minimum absolute atomic E-state index is 0.00569. The highest BCUT2D eigenvalue weighted by Gasteiger charge is 2.42. The Hall–Kier alpha value is -1.16. The summed E-state index contributed by atoms with van der Waals surface area (Å²) in [6, 6.07) is 7.09. The van der Waals surface area contributed by atoms with Gasteiger partial charge in [-0.2, -0.15) is 0 Å². The predicted molar refractivity (Wildman–Crippen MR) is 71.9 cm³/mol. The van der Waals surface area contributed by atoms with Gasteiger partial charge in [0.25, 0.3) is 11.8 Å². The van der Waals surface area contributed by atoms with Crippen molar-refractivity contribution in [3.8, 4) is 0 Å². The number of fused-ring (bicyclic) bond motifs is 1. The zero-order chi connectivity index (χ0) is 12.7. The highest BCUT2D eigenvalue weighted by atomic mass is 79.9. The van der Waals surface area contributed by atoms with Crippen molar-refractivity contribution in [1.82, 2.24) is 4.90 Å². The molecule has 0 unspecified atom stereocenters. The van der Waals surface area contributed by atoms with Gasteiger partial charge >= 0.3 is 0 Å². The molecule has 0 N–H and O–H groups in total. The van der Waals surface area contributed by atoms with Gasteiger partial charge in [0.1, 0.15) is 0 Å². The first-order valence-electron chi connectivity index (χ1n) is 6.31. The molecular formula is C14H14BrNO2. The first-order chi connectivity index (χ1) is 8.70. The van der Waals surface area contributed by atoms with Gasteiger partial charge in [0.2, 0.25) is 0 Å². The number of benzene rings is 1. The van der Waals surface area contributed by atoms with Gasteiger partial charge in [-0.1, -0.05) is 40.9 Å². The second-order valence-corrected chi connectivity index (χ2v) is 6.07. The van der Waals surface area contributed by atoms with Crippen LogP contribution in [0.4, 0.5) is 0 Å². The number of amides is 2. The maximum Gasteiger partial charge on any atom is 0.261 e. The molecule has 2 aliphatic rings. The van der Waals surface area contributed by atoms with E-state index in [4.69, 9.17) is 0 Å². The zero-order valence-corrected chi connectivity index (χ0v) is 11.5. The number of hydrogen-bond acceptors (Lipinski definition) is 2. The van der Waals surface area contributed by atoms with Crippen molar-refractivity contribution < 1.29 is 9.59 Å². The zero-order valence-electron chi connectivity index (χ0n) is 9.93. The number of alkyl halides is 1. The lowest BCUT2D eigenvalue weighted by molar-refractivity contribution is 0.0557. The molecule has 0 saturated heterocycles. The van der Waals surface area contributed by atoms with Gasteiger partial charge in [-0.15, -0.1) is 0 Å². The molecule has 1 aromatic rings. The molecule has 0 aromatic heterocycles. The normalized spacial score (nSPS) is 27.5. The summed E-state index contributed by atoms with van der Waals surface area (Å²) in [5.41, 5.74) is 1.10. The highest BCUT2D eigenvalue weighted by molar-refractivity contribution is 9.09. The third-order valence-electron chi connectivity index (χ3n) is 3.80. The Morgan fingerprint density at radius 3 is 2.11 bits per heavy atom. The van der Waals surface area contributed by atoms with Gasteiger partial charge in [-0.3, -0.25) is 14.5 Å². The molecule has 1 aromatic carbocycles. The summed E-state index contributed by atoms with van der Waals surface area (Å²) in [6.07, 6.45) is 4.18. The van der Waals surface area contributed by atoms with Crippen molar-refractivity contribution in [1.29, 1.82) is 0 Å². The minimum Gasteiger partial charge on any atom is -0.270 e. The van der Waals surface area contributed by atoms with Crippen LogP contribution in [0.5, 0.6) is 0 Å². The van der Waals surface area contributed by atoms with Crippen LogP contribution in [-0.4, -0.2) is 27.6 Å². The Labute approximate surface area is 114 Å². The average Bonchev–Trinajstić information content (AvgIpc) is 2.64. The minimum atomic E-state index is -0.132. The van der Waals surface area contributed by atoms with Gasteiger partial charge in [0, 0.05) is 4.83 Å². The van der Waals surface area contributed by atoms with Crippen molar-refractivity contribution in [3.05, 3.63) is 35.4 Å². The Morgan fingerprint density at radius 1 is 1.00 bits per heavy atom. The van der Waals surface area contributed by atoms with E-state index in [1.54, 1.807) is 24.3 Å². The smallest absolute Gasteiger partial charge is 0.261 e. The lowest BCUT2D eigenvalue weighted by Crippen LogP contribution is -2.46. The number of hydrogen-bond donors (Lipinski definition) is 0. The summed E-state index contributed by atoms with van der Waals surface area (Å²) in [6.45, 7) is 0. The third-order valence-corrected chi connectivity index (χ3v) is 4.87. The van der Waals surface area contributed by atoms with E-state index >= 15 is 0 Å². The van der Waals surface area contributed by atoms with Crippen LogP contribution in [0.25, 0.3) is 0 Å². The van der Waals surface area contributed by atoms with Gasteiger partial charge < -0.3 is 0 Å². The number of carbonyl (C=O) groups excluding carboxylic acids is 2. The summed E-state index contributed by atoms with van der Waals surface area (Å²) >= 11 is 3.62. The van der Waals surface area contributed by atoms with E-state index in [9.17, 15) is 9.59 Å². The summed E-state index contributed by atoms with van der Waals surface area (Å²) < 4.78 is 0. The van der Waals surface area contributed by atoms with Gasteiger partial charge in [-0.05, 0) is 25.0 Å². The van der Waals surface area contributed by atoms with Crippen LogP contribution < -0.4 is 0 Å². The second kappa shape index (κ2) is 4.50. The number of rotatable bonds is 1. The van der Waals surface area contributed by atoms with Crippen LogP contribution in [0.3, 0.4) is 0 Å². The van der Waals surface area contributed by atoms with Gasteiger partial charge in [-0.25, -0.2) is 0 Å². The molecule has 0 bridgehead atoms. The molecule has 1 saturated carbocycles. The van der Waals surface area contributed by atoms with Crippen LogP contribution in [-0.2, 0) is 0 Å². The summed E-state index contributed by atoms with van der Waals surface area (Å²) in [5, 5.41) is 0. The van der Waals surface area contributed by atoms with E-state index in [0.717, 1.165) is 25.7 Å². The Morgan fingerprint density at radius 2 is 1.56 bits per heavy atom.